The van der Waals surface area contributed by atoms with Crippen LogP contribution in [0.4, 0.5) is 0 Å². The Kier molecular flexibility index (Phi) is 5.03. The van der Waals surface area contributed by atoms with Gasteiger partial charge < -0.3 is 4.74 Å². The minimum atomic E-state index is -3.56. The van der Waals surface area contributed by atoms with Crippen LogP contribution in [0.1, 0.15) is 10.7 Å². The van der Waals surface area contributed by atoms with Crippen LogP contribution in [0.5, 0.6) is 5.75 Å². The molecule has 0 saturated carbocycles. The van der Waals surface area contributed by atoms with Crippen molar-refractivity contribution in [2.24, 2.45) is 0 Å². The standard InChI is InChI=1S/C13H15BrN2O3S2/c1-9-15-10(8-20-9)7-16(2)21(17,18)11-4-5-13(19-3)12(14)6-11/h4-6,8H,7H2,1-3H3. The first kappa shape index (κ1) is 16.4. The largest absolute Gasteiger partial charge is 0.496 e. The summed E-state index contributed by atoms with van der Waals surface area (Å²) in [5.74, 6) is 0.590. The van der Waals surface area contributed by atoms with Crippen LogP contribution in [0.2, 0.25) is 0 Å². The molecule has 5 nitrogen and oxygen atoms in total. The molecule has 0 N–H and O–H groups in total. The number of thiazole rings is 1. The number of aromatic nitrogens is 1. The van der Waals surface area contributed by atoms with E-state index in [9.17, 15) is 8.42 Å². The molecule has 0 amide bonds. The maximum Gasteiger partial charge on any atom is 0.243 e. The fourth-order valence-electron chi connectivity index (χ4n) is 1.78. The molecule has 2 rings (SSSR count). The van der Waals surface area contributed by atoms with Crippen molar-refractivity contribution in [2.45, 2.75) is 18.4 Å². The van der Waals surface area contributed by atoms with Gasteiger partial charge >= 0.3 is 0 Å². The highest BCUT2D eigenvalue weighted by Gasteiger charge is 2.22. The quantitative estimate of drug-likeness (QED) is 0.786. The topological polar surface area (TPSA) is 59.5 Å². The Morgan fingerprint density at radius 1 is 1.43 bits per heavy atom. The summed E-state index contributed by atoms with van der Waals surface area (Å²) < 4.78 is 32.1. The number of hydrogen-bond acceptors (Lipinski definition) is 5. The highest BCUT2D eigenvalue weighted by Crippen LogP contribution is 2.28. The molecule has 1 aromatic carbocycles. The Bertz CT molecular complexity index is 744. The van der Waals surface area contributed by atoms with E-state index in [0.717, 1.165) is 10.7 Å². The zero-order valence-electron chi connectivity index (χ0n) is 11.8. The Morgan fingerprint density at radius 2 is 2.14 bits per heavy atom. The van der Waals surface area contributed by atoms with Gasteiger partial charge in [0.1, 0.15) is 5.75 Å². The van der Waals surface area contributed by atoms with Crippen LogP contribution >= 0.6 is 27.3 Å². The second kappa shape index (κ2) is 6.43. The fraction of sp³-hybridized carbons (Fsp3) is 0.308. The molecule has 8 heteroatoms. The van der Waals surface area contributed by atoms with E-state index in [1.165, 1.54) is 34.9 Å². The lowest BCUT2D eigenvalue weighted by molar-refractivity contribution is 0.411. The van der Waals surface area contributed by atoms with Gasteiger partial charge in [0, 0.05) is 12.4 Å². The monoisotopic (exact) mass is 390 g/mol. The summed E-state index contributed by atoms with van der Waals surface area (Å²) in [6, 6.07) is 4.69. The first-order chi connectivity index (χ1) is 9.84. The van der Waals surface area contributed by atoms with Gasteiger partial charge in [0.2, 0.25) is 10.0 Å². The molecule has 0 bridgehead atoms. The Labute approximate surface area is 136 Å². The number of rotatable bonds is 5. The molecule has 0 spiro atoms. The molecule has 0 atom stereocenters. The van der Waals surface area contributed by atoms with E-state index in [1.807, 2.05) is 12.3 Å². The molecule has 0 radical (unpaired) electrons. The van der Waals surface area contributed by atoms with E-state index >= 15 is 0 Å². The minimum absolute atomic E-state index is 0.213. The van der Waals surface area contributed by atoms with E-state index in [4.69, 9.17) is 4.74 Å². The van der Waals surface area contributed by atoms with Crippen LogP contribution in [-0.4, -0.2) is 31.9 Å². The predicted octanol–water partition coefficient (Wildman–Crippen LogP) is 3.04. The van der Waals surface area contributed by atoms with Crippen molar-refractivity contribution < 1.29 is 13.2 Å². The van der Waals surface area contributed by atoms with E-state index in [2.05, 4.69) is 20.9 Å². The van der Waals surface area contributed by atoms with Crippen LogP contribution in [0, 0.1) is 6.92 Å². The smallest absolute Gasteiger partial charge is 0.243 e. The van der Waals surface area contributed by atoms with Crippen molar-refractivity contribution in [1.29, 1.82) is 0 Å². The third kappa shape index (κ3) is 3.63. The van der Waals surface area contributed by atoms with Gasteiger partial charge in [0.25, 0.3) is 0 Å². The van der Waals surface area contributed by atoms with Crippen molar-refractivity contribution in [1.82, 2.24) is 9.29 Å². The maximum absolute atomic E-state index is 12.5. The van der Waals surface area contributed by atoms with Crippen LogP contribution in [0.25, 0.3) is 0 Å². The lowest BCUT2D eigenvalue weighted by Gasteiger charge is -2.16. The van der Waals surface area contributed by atoms with Crippen molar-refractivity contribution in [3.8, 4) is 5.75 Å². The lowest BCUT2D eigenvalue weighted by Crippen LogP contribution is -2.26. The highest BCUT2D eigenvalue weighted by molar-refractivity contribution is 9.10. The molecule has 0 fully saturated rings. The predicted molar refractivity (Wildman–Crippen MR) is 86.2 cm³/mol. The number of halogens is 1. The minimum Gasteiger partial charge on any atom is -0.496 e. The van der Waals surface area contributed by atoms with E-state index in [0.29, 0.717) is 10.2 Å². The van der Waals surface area contributed by atoms with Crippen molar-refractivity contribution in [2.75, 3.05) is 14.2 Å². The number of ether oxygens (including phenoxy) is 1. The van der Waals surface area contributed by atoms with Crippen LogP contribution in [0.15, 0.2) is 32.9 Å². The Hall–Kier alpha value is -0.960. The lowest BCUT2D eigenvalue weighted by atomic mass is 10.3. The number of nitrogens with zero attached hydrogens (tertiary/aromatic N) is 2. The summed E-state index contributed by atoms with van der Waals surface area (Å²) in [5, 5.41) is 2.79. The molecule has 0 aliphatic rings. The van der Waals surface area contributed by atoms with E-state index in [-0.39, 0.29) is 11.4 Å². The second-order valence-electron chi connectivity index (χ2n) is 4.42. The molecule has 0 unspecified atom stereocenters. The average molecular weight is 391 g/mol. The molecule has 114 valence electrons. The molecule has 2 aromatic rings. The van der Waals surface area contributed by atoms with Gasteiger partial charge in [-0.25, -0.2) is 13.4 Å². The van der Waals surface area contributed by atoms with Gasteiger partial charge in [-0.1, -0.05) is 0 Å². The Morgan fingerprint density at radius 3 is 2.67 bits per heavy atom. The maximum atomic E-state index is 12.5. The molecule has 0 aliphatic heterocycles. The normalized spacial score (nSPS) is 11.9. The van der Waals surface area contributed by atoms with Crippen LogP contribution in [-0.2, 0) is 16.6 Å². The van der Waals surface area contributed by atoms with Crippen molar-refractivity contribution in [3.63, 3.8) is 0 Å². The third-order valence-corrected chi connectivity index (χ3v) is 6.12. The van der Waals surface area contributed by atoms with Crippen LogP contribution < -0.4 is 4.74 Å². The average Bonchev–Trinajstić information content (AvgIpc) is 2.83. The molecule has 1 heterocycles. The van der Waals surface area contributed by atoms with Gasteiger partial charge in [0.05, 0.1) is 33.7 Å². The van der Waals surface area contributed by atoms with Gasteiger partial charge in [0.15, 0.2) is 0 Å². The summed E-state index contributed by atoms with van der Waals surface area (Å²) in [6.07, 6.45) is 0. The molecule has 0 saturated heterocycles. The van der Waals surface area contributed by atoms with Crippen molar-refractivity contribution >= 4 is 37.3 Å². The highest BCUT2D eigenvalue weighted by atomic mass is 79.9. The second-order valence-corrected chi connectivity index (χ2v) is 8.38. The first-order valence-corrected chi connectivity index (χ1v) is 9.16. The zero-order valence-corrected chi connectivity index (χ0v) is 15.0. The van der Waals surface area contributed by atoms with Gasteiger partial charge in [-0.3, -0.25) is 0 Å². The summed E-state index contributed by atoms with van der Waals surface area (Å²) >= 11 is 4.80. The van der Waals surface area contributed by atoms with E-state index in [1.54, 1.807) is 13.1 Å². The summed E-state index contributed by atoms with van der Waals surface area (Å²) in [5.41, 5.74) is 0.746. The van der Waals surface area contributed by atoms with Gasteiger partial charge in [-0.2, -0.15) is 4.31 Å². The number of methoxy groups -OCH3 is 1. The number of aryl methyl sites for hydroxylation is 1. The third-order valence-electron chi connectivity index (χ3n) is 2.88. The Balaban J connectivity index is 2.26. The van der Waals surface area contributed by atoms with Crippen molar-refractivity contribution in [3.05, 3.63) is 38.8 Å². The number of benzene rings is 1. The van der Waals surface area contributed by atoms with Gasteiger partial charge in [-0.15, -0.1) is 11.3 Å². The summed E-state index contributed by atoms with van der Waals surface area (Å²) in [6.45, 7) is 2.14. The number of sulfonamides is 1. The van der Waals surface area contributed by atoms with Gasteiger partial charge in [-0.05, 0) is 41.1 Å². The molecule has 1 aromatic heterocycles. The summed E-state index contributed by atoms with van der Waals surface area (Å²) in [4.78, 5) is 4.50. The SMILES string of the molecule is COc1ccc(S(=O)(=O)N(C)Cc2csc(C)n2)cc1Br. The zero-order chi connectivity index (χ0) is 15.6. The molecular formula is C13H15BrN2O3S2. The van der Waals surface area contributed by atoms with Crippen LogP contribution in [0.3, 0.4) is 0 Å². The fourth-order valence-corrected chi connectivity index (χ4v) is 4.25. The number of hydrogen-bond donors (Lipinski definition) is 0. The molecule has 0 aliphatic carbocycles. The molecule has 21 heavy (non-hydrogen) atoms. The van der Waals surface area contributed by atoms with E-state index < -0.39 is 10.0 Å². The molecular weight excluding hydrogens is 376 g/mol. The summed E-state index contributed by atoms with van der Waals surface area (Å²) in [7, 11) is -0.486. The first-order valence-electron chi connectivity index (χ1n) is 6.05.